The van der Waals surface area contributed by atoms with Crippen LogP contribution in [0.3, 0.4) is 0 Å². The van der Waals surface area contributed by atoms with Crippen LogP contribution in [0.4, 0.5) is 5.69 Å². The fourth-order valence-corrected chi connectivity index (χ4v) is 1.65. The lowest BCUT2D eigenvalue weighted by molar-refractivity contribution is 0.412. The van der Waals surface area contributed by atoms with Gasteiger partial charge in [0.05, 0.1) is 11.6 Å². The molecule has 0 saturated carbocycles. The highest BCUT2D eigenvalue weighted by Gasteiger charge is 2.10. The molecule has 4 heteroatoms. The van der Waals surface area contributed by atoms with Crippen LogP contribution in [-0.4, -0.2) is 19.2 Å². The second-order valence-electron chi connectivity index (χ2n) is 4.19. The van der Waals surface area contributed by atoms with Crippen LogP contribution in [0.25, 0.3) is 0 Å². The summed E-state index contributed by atoms with van der Waals surface area (Å²) < 4.78 is 6.08. The van der Waals surface area contributed by atoms with E-state index in [0.717, 1.165) is 22.5 Å². The number of nitrogens with one attached hydrogen (secondary N) is 1. The molecule has 0 amide bonds. The molecule has 1 rings (SSSR count). The number of benzene rings is 1. The molecule has 3 nitrogen and oxygen atoms in total. The van der Waals surface area contributed by atoms with E-state index in [-0.39, 0.29) is 5.54 Å². The molecule has 1 aromatic rings. The van der Waals surface area contributed by atoms with Crippen molar-refractivity contribution in [2.24, 2.45) is 5.73 Å². The summed E-state index contributed by atoms with van der Waals surface area (Å²) in [7, 11) is 1.65. The van der Waals surface area contributed by atoms with Crippen LogP contribution in [0.1, 0.15) is 13.8 Å². The number of ether oxygens (including phenoxy) is 1. The van der Waals surface area contributed by atoms with Gasteiger partial charge in [-0.2, -0.15) is 0 Å². The molecule has 0 aliphatic heterocycles. The average molecular weight is 273 g/mol. The lowest BCUT2D eigenvalue weighted by atomic mass is 10.1. The van der Waals surface area contributed by atoms with Gasteiger partial charge < -0.3 is 15.8 Å². The molecule has 84 valence electrons. The summed E-state index contributed by atoms with van der Waals surface area (Å²) in [5.74, 6) is 0.826. The van der Waals surface area contributed by atoms with Gasteiger partial charge >= 0.3 is 0 Å². The van der Waals surface area contributed by atoms with Crippen molar-refractivity contribution >= 4 is 21.6 Å². The number of rotatable bonds is 4. The smallest absolute Gasteiger partial charge is 0.133 e. The molecule has 15 heavy (non-hydrogen) atoms. The Bertz CT molecular complexity index is 334. The number of nitrogens with two attached hydrogens (primary N) is 1. The monoisotopic (exact) mass is 272 g/mol. The van der Waals surface area contributed by atoms with E-state index < -0.39 is 0 Å². The van der Waals surface area contributed by atoms with Crippen molar-refractivity contribution in [2.45, 2.75) is 19.4 Å². The Labute approximate surface area is 99.1 Å². The Kier molecular flexibility index (Phi) is 3.99. The third-order valence-corrected chi connectivity index (χ3v) is 2.52. The van der Waals surface area contributed by atoms with Crippen molar-refractivity contribution in [3.8, 4) is 5.75 Å². The molecule has 1 aromatic carbocycles. The number of anilines is 1. The Balaban J connectivity index is 2.68. The molecule has 0 aliphatic rings. The van der Waals surface area contributed by atoms with Crippen LogP contribution in [0, 0.1) is 0 Å². The standard InChI is InChI=1S/C11H17BrN2O/c1-11(2,13)7-14-8-4-5-10(15-3)9(12)6-8/h4-6,14H,7,13H2,1-3H3. The van der Waals surface area contributed by atoms with Gasteiger partial charge in [-0.1, -0.05) is 0 Å². The molecule has 0 radical (unpaired) electrons. The molecule has 0 heterocycles. The van der Waals surface area contributed by atoms with Crippen molar-refractivity contribution in [3.63, 3.8) is 0 Å². The summed E-state index contributed by atoms with van der Waals surface area (Å²) in [5.41, 5.74) is 6.69. The first kappa shape index (κ1) is 12.3. The van der Waals surface area contributed by atoms with E-state index in [2.05, 4.69) is 21.2 Å². The fourth-order valence-electron chi connectivity index (χ4n) is 1.11. The van der Waals surface area contributed by atoms with E-state index in [1.165, 1.54) is 0 Å². The van der Waals surface area contributed by atoms with Crippen LogP contribution in [-0.2, 0) is 0 Å². The highest BCUT2D eigenvalue weighted by atomic mass is 79.9. The van der Waals surface area contributed by atoms with Gasteiger partial charge in [0.2, 0.25) is 0 Å². The molecule has 0 fully saturated rings. The maximum Gasteiger partial charge on any atom is 0.133 e. The van der Waals surface area contributed by atoms with Crippen LogP contribution in [0.15, 0.2) is 22.7 Å². The summed E-state index contributed by atoms with van der Waals surface area (Å²) >= 11 is 3.43. The predicted octanol–water partition coefficient (Wildman–Crippen LogP) is 2.61. The van der Waals surface area contributed by atoms with Crippen LogP contribution < -0.4 is 15.8 Å². The van der Waals surface area contributed by atoms with Gasteiger partial charge in [0.25, 0.3) is 0 Å². The third-order valence-electron chi connectivity index (χ3n) is 1.90. The van der Waals surface area contributed by atoms with Gasteiger partial charge in [-0.05, 0) is 48.0 Å². The quantitative estimate of drug-likeness (QED) is 0.886. The Morgan fingerprint density at radius 1 is 1.47 bits per heavy atom. The Hall–Kier alpha value is -0.740. The second kappa shape index (κ2) is 4.86. The highest BCUT2D eigenvalue weighted by Crippen LogP contribution is 2.27. The molecular weight excluding hydrogens is 256 g/mol. The second-order valence-corrected chi connectivity index (χ2v) is 5.05. The summed E-state index contributed by atoms with van der Waals surface area (Å²) in [6.45, 7) is 4.70. The van der Waals surface area contributed by atoms with Crippen molar-refractivity contribution < 1.29 is 4.74 Å². The molecule has 0 saturated heterocycles. The Morgan fingerprint density at radius 3 is 2.60 bits per heavy atom. The fraction of sp³-hybridized carbons (Fsp3) is 0.455. The summed E-state index contributed by atoms with van der Waals surface area (Å²) in [6.07, 6.45) is 0. The minimum absolute atomic E-state index is 0.216. The van der Waals surface area contributed by atoms with E-state index in [1.54, 1.807) is 7.11 Å². The molecule has 0 aromatic heterocycles. The van der Waals surface area contributed by atoms with Gasteiger partial charge in [0.15, 0.2) is 0 Å². The summed E-state index contributed by atoms with van der Waals surface area (Å²) in [6, 6.07) is 5.86. The zero-order chi connectivity index (χ0) is 11.5. The number of hydrogen-bond acceptors (Lipinski definition) is 3. The molecule has 0 aliphatic carbocycles. The third kappa shape index (κ3) is 4.10. The average Bonchev–Trinajstić information content (AvgIpc) is 2.14. The van der Waals surface area contributed by atoms with Gasteiger partial charge in [-0.3, -0.25) is 0 Å². The van der Waals surface area contributed by atoms with Crippen LogP contribution >= 0.6 is 15.9 Å². The van der Waals surface area contributed by atoms with Gasteiger partial charge in [-0.15, -0.1) is 0 Å². The van der Waals surface area contributed by atoms with E-state index in [9.17, 15) is 0 Å². The lowest BCUT2D eigenvalue weighted by Gasteiger charge is -2.20. The topological polar surface area (TPSA) is 47.3 Å². The minimum Gasteiger partial charge on any atom is -0.496 e. The van der Waals surface area contributed by atoms with Crippen LogP contribution in [0.5, 0.6) is 5.75 Å². The first-order chi connectivity index (χ1) is 6.92. The van der Waals surface area contributed by atoms with Gasteiger partial charge in [-0.25, -0.2) is 0 Å². The van der Waals surface area contributed by atoms with Crippen molar-refractivity contribution in [1.29, 1.82) is 0 Å². The van der Waals surface area contributed by atoms with E-state index in [4.69, 9.17) is 10.5 Å². The predicted molar refractivity (Wildman–Crippen MR) is 67.5 cm³/mol. The Morgan fingerprint density at radius 2 is 2.13 bits per heavy atom. The van der Waals surface area contributed by atoms with Crippen molar-refractivity contribution in [2.75, 3.05) is 19.0 Å². The van der Waals surface area contributed by atoms with E-state index >= 15 is 0 Å². The number of halogens is 1. The van der Waals surface area contributed by atoms with E-state index in [1.807, 2.05) is 32.0 Å². The first-order valence-corrected chi connectivity index (χ1v) is 5.58. The van der Waals surface area contributed by atoms with Crippen molar-refractivity contribution in [1.82, 2.24) is 0 Å². The maximum absolute atomic E-state index is 5.88. The lowest BCUT2D eigenvalue weighted by Crippen LogP contribution is -2.39. The number of methoxy groups -OCH3 is 1. The summed E-state index contributed by atoms with van der Waals surface area (Å²) in [5, 5.41) is 3.27. The molecule has 0 atom stereocenters. The molecule has 0 bridgehead atoms. The highest BCUT2D eigenvalue weighted by molar-refractivity contribution is 9.10. The molecular formula is C11H17BrN2O. The van der Waals surface area contributed by atoms with Gasteiger partial charge in [0.1, 0.15) is 5.75 Å². The number of hydrogen-bond donors (Lipinski definition) is 2. The molecule has 0 spiro atoms. The zero-order valence-electron chi connectivity index (χ0n) is 9.30. The van der Waals surface area contributed by atoms with Gasteiger partial charge in [0, 0.05) is 17.8 Å². The SMILES string of the molecule is COc1ccc(NCC(C)(C)N)cc1Br. The van der Waals surface area contributed by atoms with E-state index in [0.29, 0.717) is 0 Å². The summed E-state index contributed by atoms with van der Waals surface area (Å²) in [4.78, 5) is 0. The molecule has 3 N–H and O–H groups in total. The molecule has 0 unspecified atom stereocenters. The zero-order valence-corrected chi connectivity index (χ0v) is 10.9. The first-order valence-electron chi connectivity index (χ1n) is 4.79. The maximum atomic E-state index is 5.88. The minimum atomic E-state index is -0.216. The van der Waals surface area contributed by atoms with Crippen LogP contribution in [0.2, 0.25) is 0 Å². The normalized spacial score (nSPS) is 11.3. The van der Waals surface area contributed by atoms with Crippen molar-refractivity contribution in [3.05, 3.63) is 22.7 Å². The largest absolute Gasteiger partial charge is 0.496 e.